The summed E-state index contributed by atoms with van der Waals surface area (Å²) in [6, 6.07) is 3.44. The Morgan fingerprint density at radius 2 is 2.31 bits per heavy atom. The molecule has 0 unspecified atom stereocenters. The summed E-state index contributed by atoms with van der Waals surface area (Å²) in [5.41, 5.74) is 0.640. The van der Waals surface area contributed by atoms with Crippen LogP contribution in [0.2, 0.25) is 0 Å². The Hall–Kier alpha value is -2.04. The van der Waals surface area contributed by atoms with Crippen LogP contribution in [0.1, 0.15) is 12.6 Å². The summed E-state index contributed by atoms with van der Waals surface area (Å²) >= 11 is 0. The van der Waals surface area contributed by atoms with Gasteiger partial charge in [0.2, 0.25) is 0 Å². The van der Waals surface area contributed by atoms with Gasteiger partial charge in [-0.2, -0.15) is 0 Å². The molecule has 0 fully saturated rings. The van der Waals surface area contributed by atoms with Gasteiger partial charge in [0.25, 0.3) is 5.78 Å². The first-order chi connectivity index (χ1) is 7.65. The van der Waals surface area contributed by atoms with Crippen LogP contribution in [-0.2, 0) is 20.9 Å². The summed E-state index contributed by atoms with van der Waals surface area (Å²) < 4.78 is 6.29. The summed E-state index contributed by atoms with van der Waals surface area (Å²) in [7, 11) is 0. The number of ketones is 1. The number of esters is 1. The fraction of sp³-hybridized carbons (Fsp3) is 0.273. The molecule has 0 aromatic carbocycles. The number of nitrogens with zero attached hydrogens (tertiary/aromatic N) is 1. The number of Topliss-reactive ketones (excluding diaryl/α,β-unsaturated/α-hetero) is 1. The maximum atomic E-state index is 11.6. The molecule has 0 bridgehead atoms. The third-order valence-corrected chi connectivity index (χ3v) is 2.42. The molecule has 0 amide bonds. The average Bonchev–Trinajstić information content (AvgIpc) is 2.81. The van der Waals surface area contributed by atoms with Crippen LogP contribution in [0.4, 0.5) is 0 Å². The van der Waals surface area contributed by atoms with Crippen LogP contribution >= 0.6 is 0 Å². The number of aliphatic hydroxyl groups is 1. The van der Waals surface area contributed by atoms with Crippen molar-refractivity contribution < 1.29 is 19.4 Å². The lowest BCUT2D eigenvalue weighted by Crippen LogP contribution is -2.20. The van der Waals surface area contributed by atoms with E-state index in [1.54, 1.807) is 29.8 Å². The van der Waals surface area contributed by atoms with Gasteiger partial charge in [-0.1, -0.05) is 0 Å². The molecule has 1 aromatic heterocycles. The molecule has 1 aromatic rings. The highest BCUT2D eigenvalue weighted by Crippen LogP contribution is 2.26. The van der Waals surface area contributed by atoms with Crippen LogP contribution in [0.25, 0.3) is 5.76 Å². The maximum Gasteiger partial charge on any atom is 0.379 e. The van der Waals surface area contributed by atoms with Gasteiger partial charge in [-0.25, -0.2) is 4.79 Å². The molecule has 1 N–H and O–H groups in total. The van der Waals surface area contributed by atoms with Gasteiger partial charge in [-0.05, 0) is 19.1 Å². The van der Waals surface area contributed by atoms with Crippen molar-refractivity contribution in [3.05, 3.63) is 29.6 Å². The van der Waals surface area contributed by atoms with Crippen molar-refractivity contribution in [2.45, 2.75) is 13.5 Å². The molecule has 0 aliphatic carbocycles. The van der Waals surface area contributed by atoms with E-state index in [0.717, 1.165) is 0 Å². The van der Waals surface area contributed by atoms with Crippen LogP contribution in [0.5, 0.6) is 0 Å². The van der Waals surface area contributed by atoms with E-state index in [1.165, 1.54) is 0 Å². The summed E-state index contributed by atoms with van der Waals surface area (Å²) in [5, 5.41) is 9.75. The molecule has 16 heavy (non-hydrogen) atoms. The van der Waals surface area contributed by atoms with Gasteiger partial charge < -0.3 is 14.4 Å². The number of carbonyl (C=O) groups excluding carboxylic acids is 2. The van der Waals surface area contributed by atoms with E-state index in [1.807, 2.05) is 0 Å². The highest BCUT2D eigenvalue weighted by molar-refractivity contribution is 6.41. The molecule has 1 aliphatic heterocycles. The molecule has 0 radical (unpaired) electrons. The van der Waals surface area contributed by atoms with Crippen molar-refractivity contribution in [1.82, 2.24) is 4.57 Å². The van der Waals surface area contributed by atoms with Gasteiger partial charge >= 0.3 is 5.97 Å². The van der Waals surface area contributed by atoms with E-state index in [9.17, 15) is 14.7 Å². The van der Waals surface area contributed by atoms with Crippen LogP contribution in [0.3, 0.4) is 0 Å². The number of fused-ring (bicyclic) bond motifs is 1. The van der Waals surface area contributed by atoms with Crippen molar-refractivity contribution in [2.75, 3.05) is 6.61 Å². The first-order valence-electron chi connectivity index (χ1n) is 4.94. The van der Waals surface area contributed by atoms with Gasteiger partial charge in [0.15, 0.2) is 0 Å². The van der Waals surface area contributed by atoms with Crippen molar-refractivity contribution in [2.24, 2.45) is 0 Å². The second-order valence-electron chi connectivity index (χ2n) is 3.40. The Balaban J connectivity index is 2.25. The predicted molar refractivity (Wildman–Crippen MR) is 55.6 cm³/mol. The zero-order valence-electron chi connectivity index (χ0n) is 8.77. The van der Waals surface area contributed by atoms with Crippen LogP contribution in [0, 0.1) is 0 Å². The molecule has 0 atom stereocenters. The molecular weight excluding hydrogens is 210 g/mol. The van der Waals surface area contributed by atoms with Gasteiger partial charge in [0.05, 0.1) is 24.4 Å². The lowest BCUT2D eigenvalue weighted by Gasteiger charge is -2.01. The fourth-order valence-electron chi connectivity index (χ4n) is 1.67. The summed E-state index contributed by atoms with van der Waals surface area (Å²) in [5.74, 6) is -1.83. The van der Waals surface area contributed by atoms with E-state index in [4.69, 9.17) is 0 Å². The van der Waals surface area contributed by atoms with E-state index in [-0.39, 0.29) is 24.5 Å². The average molecular weight is 221 g/mol. The molecule has 0 saturated carbocycles. The second kappa shape index (κ2) is 3.84. The number of hydrogen-bond acceptors (Lipinski definition) is 4. The Kier molecular flexibility index (Phi) is 2.52. The maximum absolute atomic E-state index is 11.6. The zero-order chi connectivity index (χ0) is 11.7. The lowest BCUT2D eigenvalue weighted by molar-refractivity contribution is -0.151. The minimum atomic E-state index is -0.921. The SMILES string of the molecule is CCOC(=O)C(=O)C1=C(O)c2cccn2C1. The van der Waals surface area contributed by atoms with Crippen molar-refractivity contribution in [3.8, 4) is 0 Å². The monoisotopic (exact) mass is 221 g/mol. The molecule has 5 heteroatoms. The number of carbonyl (C=O) groups is 2. The zero-order valence-corrected chi connectivity index (χ0v) is 8.77. The molecule has 2 heterocycles. The molecule has 0 spiro atoms. The molecule has 5 nitrogen and oxygen atoms in total. The Morgan fingerprint density at radius 1 is 1.56 bits per heavy atom. The van der Waals surface area contributed by atoms with Crippen LogP contribution in [-0.4, -0.2) is 28.0 Å². The normalized spacial score (nSPS) is 13.8. The van der Waals surface area contributed by atoms with Gasteiger partial charge in [-0.15, -0.1) is 0 Å². The highest BCUT2D eigenvalue weighted by Gasteiger charge is 2.30. The number of hydrogen-bond donors (Lipinski definition) is 1. The van der Waals surface area contributed by atoms with E-state index in [2.05, 4.69) is 4.74 Å². The third kappa shape index (κ3) is 1.50. The third-order valence-electron chi connectivity index (χ3n) is 2.42. The van der Waals surface area contributed by atoms with E-state index in [0.29, 0.717) is 5.69 Å². The smallest absolute Gasteiger partial charge is 0.379 e. The van der Waals surface area contributed by atoms with E-state index < -0.39 is 11.8 Å². The summed E-state index contributed by atoms with van der Waals surface area (Å²) in [4.78, 5) is 22.8. The molecule has 0 saturated heterocycles. The fourth-order valence-corrected chi connectivity index (χ4v) is 1.67. The topological polar surface area (TPSA) is 68.5 Å². The first-order valence-corrected chi connectivity index (χ1v) is 4.94. The minimum absolute atomic E-state index is 0.0917. The minimum Gasteiger partial charge on any atom is -0.505 e. The van der Waals surface area contributed by atoms with Gasteiger partial charge in [0, 0.05) is 6.20 Å². The lowest BCUT2D eigenvalue weighted by atomic mass is 10.1. The Morgan fingerprint density at radius 3 is 2.94 bits per heavy atom. The number of aromatic nitrogens is 1. The number of ether oxygens (including phenoxy) is 1. The molecule has 2 rings (SSSR count). The van der Waals surface area contributed by atoms with Crippen LogP contribution < -0.4 is 0 Å². The largest absolute Gasteiger partial charge is 0.505 e. The summed E-state index contributed by atoms with van der Waals surface area (Å²) in [6.07, 6.45) is 1.73. The highest BCUT2D eigenvalue weighted by atomic mass is 16.5. The van der Waals surface area contributed by atoms with Gasteiger partial charge in [0.1, 0.15) is 5.76 Å². The molecular formula is C11H11NO4. The standard InChI is InChI=1S/C11H11NO4/c1-2-16-11(15)10(14)7-6-12-5-3-4-8(12)9(7)13/h3-5,13H,2,6H2,1H3. The quantitative estimate of drug-likeness (QED) is 0.608. The first kappa shape index (κ1) is 10.5. The number of rotatable bonds is 3. The van der Waals surface area contributed by atoms with Crippen molar-refractivity contribution in [3.63, 3.8) is 0 Å². The predicted octanol–water partition coefficient (Wildman–Crippen LogP) is 0.903. The number of aliphatic hydroxyl groups excluding tert-OH is 1. The molecule has 1 aliphatic rings. The van der Waals surface area contributed by atoms with Gasteiger partial charge in [-0.3, -0.25) is 4.79 Å². The van der Waals surface area contributed by atoms with Crippen molar-refractivity contribution >= 4 is 17.5 Å². The Labute approximate surface area is 91.9 Å². The Bertz CT molecular complexity index is 484. The van der Waals surface area contributed by atoms with Crippen LogP contribution in [0.15, 0.2) is 23.9 Å². The molecule has 84 valence electrons. The summed E-state index contributed by atoms with van der Waals surface area (Å²) in [6.45, 7) is 1.98. The second-order valence-corrected chi connectivity index (χ2v) is 3.40. The van der Waals surface area contributed by atoms with Crippen molar-refractivity contribution in [1.29, 1.82) is 0 Å². The van der Waals surface area contributed by atoms with E-state index >= 15 is 0 Å².